The fourth-order valence-corrected chi connectivity index (χ4v) is 6.86. The van der Waals surface area contributed by atoms with Gasteiger partial charge in [-0.1, -0.05) is 29.8 Å². The largest absolute Gasteiger partial charge is 0.370 e. The first-order chi connectivity index (χ1) is 25.3. The van der Waals surface area contributed by atoms with E-state index in [4.69, 9.17) is 11.5 Å². The van der Waals surface area contributed by atoms with E-state index >= 15 is 0 Å². The van der Waals surface area contributed by atoms with Gasteiger partial charge in [0.2, 0.25) is 0 Å². The average molecular weight is 702 g/mol. The number of aromatic nitrogens is 3. The smallest absolute Gasteiger partial charge is 0.354 e. The molecule has 1 amide bonds. The standard InChI is InChI=1S/C39H47N11O2/c1-27-3-7-32(8-4-27)48-17-19-49(20-18-48)37(51)30-21-29(22-34(23-30)47-15-13-42-14-16-47)35-24-31-26-50(39(52)46-36(31)45-35)33-9-5-28(6-10-33)25-43-11-2-12-44-38(40)41/h3-10,21-24,26,42-43H,2,11-20,25H2,1H3,(H4,40,41,44)(H,45,46,52). The molecule has 0 radical (unpaired) electrons. The molecule has 5 aromatic rings. The summed E-state index contributed by atoms with van der Waals surface area (Å²) < 4.78 is 1.56. The van der Waals surface area contributed by atoms with E-state index in [0.717, 1.165) is 85.8 Å². The summed E-state index contributed by atoms with van der Waals surface area (Å²) in [5.41, 5.74) is 18.5. The van der Waals surface area contributed by atoms with Gasteiger partial charge in [0.05, 0.1) is 5.69 Å². The highest BCUT2D eigenvalue weighted by molar-refractivity contribution is 5.97. The van der Waals surface area contributed by atoms with Crippen molar-refractivity contribution in [2.24, 2.45) is 16.5 Å². The normalized spacial score (nSPS) is 14.9. The Balaban J connectivity index is 1.10. The molecule has 0 unspecified atom stereocenters. The first kappa shape index (κ1) is 34.8. The van der Waals surface area contributed by atoms with Gasteiger partial charge >= 0.3 is 5.69 Å². The predicted octanol–water partition coefficient (Wildman–Crippen LogP) is 2.81. The summed E-state index contributed by atoms with van der Waals surface area (Å²) in [6.45, 7) is 10.5. The molecule has 13 heteroatoms. The van der Waals surface area contributed by atoms with E-state index < -0.39 is 0 Å². The van der Waals surface area contributed by atoms with Crippen LogP contribution < -0.4 is 37.6 Å². The summed E-state index contributed by atoms with van der Waals surface area (Å²) in [4.78, 5) is 45.7. The Morgan fingerprint density at radius 3 is 2.31 bits per heavy atom. The Bertz CT molecular complexity index is 2090. The second kappa shape index (κ2) is 15.7. The van der Waals surface area contributed by atoms with Crippen LogP contribution in [0.3, 0.4) is 0 Å². The van der Waals surface area contributed by atoms with E-state index in [2.05, 4.69) is 72.6 Å². The number of guanidine groups is 1. The number of rotatable bonds is 11. The molecule has 0 spiro atoms. The number of aryl methyl sites for hydroxylation is 1. The minimum Gasteiger partial charge on any atom is -0.370 e. The first-order valence-corrected chi connectivity index (χ1v) is 18.0. The summed E-state index contributed by atoms with van der Waals surface area (Å²) in [5.74, 6) is 0.134. The number of aliphatic imine (C=N–C) groups is 1. The third-order valence-corrected chi connectivity index (χ3v) is 9.78. The maximum Gasteiger partial charge on any atom is 0.354 e. The highest BCUT2D eigenvalue weighted by Gasteiger charge is 2.24. The van der Waals surface area contributed by atoms with Crippen LogP contribution in [-0.4, -0.2) is 96.7 Å². The number of nitrogens with zero attached hydrogens (tertiary/aromatic N) is 6. The predicted molar refractivity (Wildman–Crippen MR) is 209 cm³/mol. The van der Waals surface area contributed by atoms with Gasteiger partial charge in [-0.3, -0.25) is 14.4 Å². The van der Waals surface area contributed by atoms with Crippen molar-refractivity contribution in [2.75, 3.05) is 75.2 Å². The fourth-order valence-electron chi connectivity index (χ4n) is 6.86. The van der Waals surface area contributed by atoms with E-state index in [0.29, 0.717) is 37.4 Å². The third-order valence-electron chi connectivity index (χ3n) is 9.78. The third kappa shape index (κ3) is 8.11. The van der Waals surface area contributed by atoms with Crippen molar-refractivity contribution in [3.05, 3.63) is 106 Å². The molecule has 0 bridgehead atoms. The number of piperazine rings is 2. The van der Waals surface area contributed by atoms with Gasteiger partial charge in [-0.05, 0) is 74.0 Å². The molecular formula is C39H47N11O2. The second-order valence-electron chi connectivity index (χ2n) is 13.5. The number of nitrogens with one attached hydrogen (secondary N) is 3. The zero-order valence-corrected chi connectivity index (χ0v) is 29.6. The van der Waals surface area contributed by atoms with Gasteiger partial charge in [-0.2, -0.15) is 4.98 Å². The van der Waals surface area contributed by atoms with Gasteiger partial charge in [0.15, 0.2) is 5.96 Å². The summed E-state index contributed by atoms with van der Waals surface area (Å²) in [6, 6.07) is 24.5. The number of carbonyl (C=O) groups excluding carboxylic acids is 1. The molecule has 7 N–H and O–H groups in total. The number of nitrogens with two attached hydrogens (primary N) is 2. The van der Waals surface area contributed by atoms with Gasteiger partial charge in [-0.15, -0.1) is 0 Å². The van der Waals surface area contributed by atoms with Crippen LogP contribution in [0.1, 0.15) is 27.9 Å². The van der Waals surface area contributed by atoms with Crippen LogP contribution in [0.15, 0.2) is 88.8 Å². The summed E-state index contributed by atoms with van der Waals surface area (Å²) in [5, 5.41) is 7.61. The van der Waals surface area contributed by atoms with Crippen molar-refractivity contribution in [3.63, 3.8) is 0 Å². The highest BCUT2D eigenvalue weighted by atomic mass is 16.2. The maximum absolute atomic E-state index is 14.1. The molecule has 2 aromatic heterocycles. The Kier molecular flexibility index (Phi) is 10.5. The molecule has 2 aliphatic rings. The van der Waals surface area contributed by atoms with Gasteiger partial charge in [-0.25, -0.2) is 4.79 Å². The molecule has 2 saturated heterocycles. The molecule has 52 heavy (non-hydrogen) atoms. The molecule has 2 fully saturated rings. The highest BCUT2D eigenvalue weighted by Crippen LogP contribution is 2.30. The maximum atomic E-state index is 14.1. The lowest BCUT2D eigenvalue weighted by Crippen LogP contribution is -2.49. The average Bonchev–Trinajstić information content (AvgIpc) is 3.59. The molecule has 2 aliphatic heterocycles. The molecule has 13 nitrogen and oxygen atoms in total. The second-order valence-corrected chi connectivity index (χ2v) is 13.5. The zero-order valence-electron chi connectivity index (χ0n) is 29.6. The molecule has 0 saturated carbocycles. The summed E-state index contributed by atoms with van der Waals surface area (Å²) in [7, 11) is 0. The number of hydrogen-bond donors (Lipinski definition) is 5. The minimum atomic E-state index is -0.373. The van der Waals surface area contributed by atoms with Crippen molar-refractivity contribution >= 4 is 34.3 Å². The number of hydrogen-bond acceptors (Lipinski definition) is 8. The fraction of sp³-hybridized carbons (Fsp3) is 0.333. The lowest BCUT2D eigenvalue weighted by Gasteiger charge is -2.36. The van der Waals surface area contributed by atoms with E-state index in [1.165, 1.54) is 11.3 Å². The molecule has 3 aromatic carbocycles. The monoisotopic (exact) mass is 701 g/mol. The number of benzene rings is 3. The van der Waals surface area contributed by atoms with Crippen LogP contribution in [0.25, 0.3) is 28.0 Å². The van der Waals surface area contributed by atoms with Crippen LogP contribution in [0.2, 0.25) is 0 Å². The van der Waals surface area contributed by atoms with Crippen molar-refractivity contribution in [1.82, 2.24) is 30.1 Å². The van der Waals surface area contributed by atoms with Gasteiger partial charge in [0, 0.05) is 105 Å². The molecular weight excluding hydrogens is 655 g/mol. The van der Waals surface area contributed by atoms with Crippen molar-refractivity contribution in [1.29, 1.82) is 0 Å². The van der Waals surface area contributed by atoms with Crippen molar-refractivity contribution in [3.8, 4) is 16.9 Å². The van der Waals surface area contributed by atoms with E-state index in [-0.39, 0.29) is 17.6 Å². The number of carbonyl (C=O) groups is 1. The topological polar surface area (TPSA) is 166 Å². The Hall–Kier alpha value is -5.66. The quantitative estimate of drug-likeness (QED) is 0.0791. The first-order valence-electron chi connectivity index (χ1n) is 18.0. The zero-order chi connectivity index (χ0) is 36.0. The van der Waals surface area contributed by atoms with Crippen molar-refractivity contribution in [2.45, 2.75) is 19.9 Å². The van der Waals surface area contributed by atoms with E-state index in [1.807, 2.05) is 53.6 Å². The lowest BCUT2D eigenvalue weighted by molar-refractivity contribution is 0.0747. The Morgan fingerprint density at radius 1 is 0.865 bits per heavy atom. The SMILES string of the molecule is Cc1ccc(N2CCN(C(=O)c3cc(-c4cc5cn(-c6ccc(CNCCCN=C(N)N)cc6)c(=O)nc5[nH]4)cc(N4CCNCC4)c3)CC2)cc1. The van der Waals surface area contributed by atoms with Crippen LogP contribution >= 0.6 is 0 Å². The van der Waals surface area contributed by atoms with Gasteiger partial charge < -0.3 is 41.8 Å². The number of aromatic amines is 1. The van der Waals surface area contributed by atoms with Gasteiger partial charge in [0.25, 0.3) is 5.91 Å². The summed E-state index contributed by atoms with van der Waals surface area (Å²) >= 11 is 0. The molecule has 0 aliphatic carbocycles. The van der Waals surface area contributed by atoms with Crippen LogP contribution in [0, 0.1) is 6.92 Å². The molecule has 270 valence electrons. The molecule has 4 heterocycles. The van der Waals surface area contributed by atoms with Crippen LogP contribution in [-0.2, 0) is 6.54 Å². The Morgan fingerprint density at radius 2 is 1.58 bits per heavy atom. The lowest BCUT2D eigenvalue weighted by atomic mass is 10.0. The molecule has 7 rings (SSSR count). The number of anilines is 2. The van der Waals surface area contributed by atoms with E-state index in [9.17, 15) is 9.59 Å². The van der Waals surface area contributed by atoms with Crippen LogP contribution in [0.5, 0.6) is 0 Å². The number of H-pyrrole nitrogens is 1. The Labute approximate surface area is 303 Å². The van der Waals surface area contributed by atoms with E-state index in [1.54, 1.807) is 4.57 Å². The number of fused-ring (bicyclic) bond motifs is 1. The molecule has 0 atom stereocenters. The summed E-state index contributed by atoms with van der Waals surface area (Å²) in [6.07, 6.45) is 2.65. The van der Waals surface area contributed by atoms with Gasteiger partial charge in [0.1, 0.15) is 5.65 Å². The number of amides is 1. The minimum absolute atomic E-state index is 0.0281. The van der Waals surface area contributed by atoms with Crippen molar-refractivity contribution < 1.29 is 4.79 Å². The van der Waals surface area contributed by atoms with Crippen LogP contribution in [0.4, 0.5) is 11.4 Å².